The van der Waals surface area contributed by atoms with Gasteiger partial charge in [0.15, 0.2) is 6.61 Å². The van der Waals surface area contributed by atoms with Crippen LogP contribution in [0.4, 0.5) is 11.4 Å². The number of nitrogens with one attached hydrogen (secondary N) is 1. The van der Waals surface area contributed by atoms with Crippen LogP contribution in [0.1, 0.15) is 14.5 Å². The molecule has 0 bridgehead atoms. The van der Waals surface area contributed by atoms with Crippen LogP contribution >= 0.6 is 11.3 Å². The monoisotopic (exact) mass is 320 g/mol. The van der Waals surface area contributed by atoms with Crippen molar-refractivity contribution in [2.45, 2.75) is 6.92 Å². The fourth-order valence-corrected chi connectivity index (χ4v) is 2.40. The van der Waals surface area contributed by atoms with Crippen molar-refractivity contribution >= 4 is 34.6 Å². The van der Waals surface area contributed by atoms with Gasteiger partial charge in [0.1, 0.15) is 4.88 Å². The summed E-state index contributed by atoms with van der Waals surface area (Å²) in [7, 11) is 0. The highest BCUT2D eigenvalue weighted by Gasteiger charge is 2.13. The summed E-state index contributed by atoms with van der Waals surface area (Å²) in [5.74, 6) is -1.14. The molecular formula is C14H12N2O5S. The average molecular weight is 320 g/mol. The third kappa shape index (κ3) is 4.13. The Kier molecular flexibility index (Phi) is 4.84. The summed E-state index contributed by atoms with van der Waals surface area (Å²) in [6.45, 7) is 1.40. The molecule has 8 heteroatoms. The number of non-ortho nitro benzene ring substituents is 1. The van der Waals surface area contributed by atoms with Crippen molar-refractivity contribution in [1.29, 1.82) is 0 Å². The molecule has 0 fully saturated rings. The maximum atomic E-state index is 11.7. The van der Waals surface area contributed by atoms with Crippen LogP contribution in [0.2, 0.25) is 0 Å². The lowest BCUT2D eigenvalue weighted by Crippen LogP contribution is -2.20. The van der Waals surface area contributed by atoms with Crippen LogP contribution in [0.15, 0.2) is 36.4 Å². The van der Waals surface area contributed by atoms with Crippen LogP contribution in [0.5, 0.6) is 0 Å². The summed E-state index contributed by atoms with van der Waals surface area (Å²) >= 11 is 1.28. The zero-order valence-corrected chi connectivity index (χ0v) is 12.4. The highest BCUT2D eigenvalue weighted by atomic mass is 32.1. The van der Waals surface area contributed by atoms with Gasteiger partial charge in [0.2, 0.25) is 0 Å². The first-order valence-electron chi connectivity index (χ1n) is 6.23. The van der Waals surface area contributed by atoms with Crippen molar-refractivity contribution < 1.29 is 19.2 Å². The molecule has 22 heavy (non-hydrogen) atoms. The summed E-state index contributed by atoms with van der Waals surface area (Å²) in [6, 6.07) is 8.91. The Labute approximate surface area is 129 Å². The predicted octanol–water partition coefficient (Wildman–Crippen LogP) is 2.76. The predicted molar refractivity (Wildman–Crippen MR) is 81.1 cm³/mol. The lowest BCUT2D eigenvalue weighted by molar-refractivity contribution is -0.384. The van der Waals surface area contributed by atoms with Crippen molar-refractivity contribution in [3.05, 3.63) is 56.3 Å². The lowest BCUT2D eigenvalue weighted by atomic mass is 10.3. The number of ether oxygens (including phenoxy) is 1. The van der Waals surface area contributed by atoms with Gasteiger partial charge in [-0.1, -0.05) is 6.07 Å². The molecular weight excluding hydrogens is 308 g/mol. The Bertz CT molecular complexity index is 726. The minimum Gasteiger partial charge on any atom is -0.451 e. The minimum absolute atomic E-state index is 0.135. The van der Waals surface area contributed by atoms with E-state index in [2.05, 4.69) is 5.32 Å². The number of anilines is 1. The second kappa shape index (κ2) is 6.81. The number of nitro groups is 1. The molecule has 2 rings (SSSR count). The summed E-state index contributed by atoms with van der Waals surface area (Å²) in [4.78, 5) is 34.8. The summed E-state index contributed by atoms with van der Waals surface area (Å²) in [5.41, 5.74) is 0.131. The first-order valence-corrected chi connectivity index (χ1v) is 7.05. The number of nitro benzene ring substituents is 1. The van der Waals surface area contributed by atoms with Crippen molar-refractivity contribution in [3.63, 3.8) is 0 Å². The van der Waals surface area contributed by atoms with E-state index >= 15 is 0 Å². The number of thiophene rings is 1. The van der Waals surface area contributed by atoms with Gasteiger partial charge in [0.25, 0.3) is 11.6 Å². The Morgan fingerprint density at radius 1 is 1.32 bits per heavy atom. The van der Waals surface area contributed by atoms with E-state index in [0.717, 1.165) is 4.88 Å². The van der Waals surface area contributed by atoms with Gasteiger partial charge in [0.05, 0.1) is 4.92 Å². The fraction of sp³-hybridized carbons (Fsp3) is 0.143. The molecule has 0 aliphatic carbocycles. The van der Waals surface area contributed by atoms with E-state index in [-0.39, 0.29) is 11.4 Å². The van der Waals surface area contributed by atoms with Crippen LogP contribution in [0.3, 0.4) is 0 Å². The average Bonchev–Trinajstić information content (AvgIpc) is 2.91. The Morgan fingerprint density at radius 3 is 2.73 bits per heavy atom. The molecule has 1 heterocycles. The van der Waals surface area contributed by atoms with Gasteiger partial charge < -0.3 is 10.1 Å². The van der Waals surface area contributed by atoms with Crippen molar-refractivity contribution in [2.75, 3.05) is 11.9 Å². The number of carbonyl (C=O) groups is 2. The van der Waals surface area contributed by atoms with E-state index < -0.39 is 23.4 Å². The van der Waals surface area contributed by atoms with Crippen LogP contribution < -0.4 is 5.32 Å². The Morgan fingerprint density at radius 2 is 2.09 bits per heavy atom. The van der Waals surface area contributed by atoms with Crippen LogP contribution in [-0.2, 0) is 9.53 Å². The van der Waals surface area contributed by atoms with Gasteiger partial charge >= 0.3 is 5.97 Å². The topological polar surface area (TPSA) is 98.5 Å². The quantitative estimate of drug-likeness (QED) is 0.519. The van der Waals surface area contributed by atoms with Gasteiger partial charge in [-0.25, -0.2) is 4.79 Å². The minimum atomic E-state index is -0.577. The number of rotatable bonds is 5. The summed E-state index contributed by atoms with van der Waals surface area (Å²) in [5, 5.41) is 13.1. The van der Waals surface area contributed by atoms with E-state index in [9.17, 15) is 19.7 Å². The summed E-state index contributed by atoms with van der Waals surface area (Å²) < 4.78 is 4.88. The number of hydrogen-bond acceptors (Lipinski definition) is 6. The normalized spacial score (nSPS) is 10.0. The van der Waals surface area contributed by atoms with E-state index in [0.29, 0.717) is 4.88 Å². The number of benzene rings is 1. The molecule has 2 aromatic rings. The highest BCUT2D eigenvalue weighted by molar-refractivity contribution is 7.13. The second-order valence-corrected chi connectivity index (χ2v) is 5.63. The zero-order chi connectivity index (χ0) is 16.1. The lowest BCUT2D eigenvalue weighted by Gasteiger charge is -2.05. The van der Waals surface area contributed by atoms with E-state index in [1.807, 2.05) is 6.92 Å². The number of esters is 1. The molecule has 1 aromatic carbocycles. The molecule has 1 N–H and O–H groups in total. The molecule has 114 valence electrons. The molecule has 7 nitrogen and oxygen atoms in total. The maximum absolute atomic E-state index is 11.7. The third-order valence-corrected chi connectivity index (χ3v) is 3.60. The first kappa shape index (κ1) is 15.6. The Hall–Kier alpha value is -2.74. The van der Waals surface area contributed by atoms with Crippen molar-refractivity contribution in [3.8, 4) is 0 Å². The molecule has 0 saturated heterocycles. The molecule has 0 spiro atoms. The second-order valence-electron chi connectivity index (χ2n) is 4.34. The van der Waals surface area contributed by atoms with Gasteiger partial charge in [-0.05, 0) is 25.1 Å². The molecule has 1 aromatic heterocycles. The van der Waals surface area contributed by atoms with Crippen LogP contribution in [0, 0.1) is 17.0 Å². The molecule has 0 unspecified atom stereocenters. The molecule has 0 radical (unpaired) electrons. The fourth-order valence-electron chi connectivity index (χ4n) is 1.64. The van der Waals surface area contributed by atoms with E-state index in [1.54, 1.807) is 12.1 Å². The van der Waals surface area contributed by atoms with Gasteiger partial charge in [-0.15, -0.1) is 11.3 Å². The van der Waals surface area contributed by atoms with Gasteiger partial charge in [-0.2, -0.15) is 0 Å². The highest BCUT2D eigenvalue weighted by Crippen LogP contribution is 2.17. The molecule has 0 saturated carbocycles. The molecule has 0 aliphatic rings. The first-order chi connectivity index (χ1) is 10.5. The van der Waals surface area contributed by atoms with E-state index in [4.69, 9.17) is 4.74 Å². The number of amides is 1. The molecule has 0 aliphatic heterocycles. The van der Waals surface area contributed by atoms with E-state index in [1.165, 1.54) is 35.6 Å². The van der Waals surface area contributed by atoms with Gasteiger partial charge in [0, 0.05) is 22.7 Å². The summed E-state index contributed by atoms with van der Waals surface area (Å²) in [6.07, 6.45) is 0. The van der Waals surface area contributed by atoms with Crippen LogP contribution in [-0.4, -0.2) is 23.4 Å². The van der Waals surface area contributed by atoms with Gasteiger partial charge in [-0.3, -0.25) is 14.9 Å². The number of nitrogens with zero attached hydrogens (tertiary/aromatic N) is 1. The number of aryl methyl sites for hydroxylation is 1. The zero-order valence-electron chi connectivity index (χ0n) is 11.6. The number of carbonyl (C=O) groups excluding carboxylic acids is 2. The van der Waals surface area contributed by atoms with Crippen LogP contribution in [0.25, 0.3) is 0 Å². The largest absolute Gasteiger partial charge is 0.451 e. The third-order valence-electron chi connectivity index (χ3n) is 2.62. The smallest absolute Gasteiger partial charge is 0.348 e. The number of hydrogen-bond donors (Lipinski definition) is 1. The SMILES string of the molecule is Cc1ccc(C(=O)OCC(=O)Nc2cccc([N+](=O)[O-])c2)s1. The maximum Gasteiger partial charge on any atom is 0.348 e. The Balaban J connectivity index is 1.89. The van der Waals surface area contributed by atoms with Crippen molar-refractivity contribution in [2.24, 2.45) is 0 Å². The standard InChI is InChI=1S/C14H12N2O5S/c1-9-5-6-12(22-9)14(18)21-8-13(17)15-10-3-2-4-11(7-10)16(19)20/h2-7H,8H2,1H3,(H,15,17). The van der Waals surface area contributed by atoms with Crippen molar-refractivity contribution in [1.82, 2.24) is 0 Å². The molecule has 0 atom stereocenters. The molecule has 1 amide bonds.